The topological polar surface area (TPSA) is 68.7 Å². The van der Waals surface area contributed by atoms with Gasteiger partial charge in [0, 0.05) is 31.7 Å². The van der Waals surface area contributed by atoms with E-state index in [0.717, 1.165) is 41.5 Å². The van der Waals surface area contributed by atoms with Gasteiger partial charge in [0.25, 0.3) is 5.79 Å². The Morgan fingerprint density at radius 3 is 2.41 bits per heavy atom. The summed E-state index contributed by atoms with van der Waals surface area (Å²) in [6.45, 7) is 10.1. The van der Waals surface area contributed by atoms with Crippen LogP contribution in [0, 0.1) is 16.2 Å². The van der Waals surface area contributed by atoms with Crippen LogP contribution in [0.5, 0.6) is 0 Å². The van der Waals surface area contributed by atoms with Crippen LogP contribution in [0.4, 0.5) is 5.82 Å². The molecule has 1 aromatic heterocycles. The minimum atomic E-state index is -1.38. The Kier molecular flexibility index (Phi) is 3.65. The predicted molar refractivity (Wildman–Crippen MR) is 120 cm³/mol. The lowest BCUT2D eigenvalue weighted by atomic mass is 9.57. The Labute approximate surface area is 188 Å². The number of anilines is 1. The third-order valence-electron chi connectivity index (χ3n) is 8.07. The molecular formula is C26H30N2O4. The molecule has 3 aliphatic heterocycles. The SMILES string of the molecule is CC1(C)C[C@@H]2C[C@](C)(C1)[C@@H]1N2c2nc3ccccc3cc2CC12C(=O)OC(C)(C)OC2=O. The second kappa shape index (κ2) is 5.83. The van der Waals surface area contributed by atoms with E-state index in [9.17, 15) is 9.59 Å². The van der Waals surface area contributed by atoms with E-state index >= 15 is 0 Å². The van der Waals surface area contributed by atoms with Crippen LogP contribution in [0.15, 0.2) is 30.3 Å². The van der Waals surface area contributed by atoms with E-state index in [1.807, 2.05) is 24.3 Å². The average molecular weight is 435 g/mol. The van der Waals surface area contributed by atoms with Crippen molar-refractivity contribution in [3.05, 3.63) is 35.9 Å². The molecule has 1 aromatic carbocycles. The summed E-state index contributed by atoms with van der Waals surface area (Å²) < 4.78 is 11.5. The molecule has 0 amide bonds. The zero-order valence-corrected chi connectivity index (χ0v) is 19.4. The van der Waals surface area contributed by atoms with Gasteiger partial charge in [0.2, 0.25) is 0 Å². The molecule has 6 nitrogen and oxygen atoms in total. The van der Waals surface area contributed by atoms with Gasteiger partial charge in [-0.2, -0.15) is 0 Å². The third-order valence-corrected chi connectivity index (χ3v) is 8.07. The maximum absolute atomic E-state index is 13.7. The summed E-state index contributed by atoms with van der Waals surface area (Å²) >= 11 is 0. The van der Waals surface area contributed by atoms with Crippen molar-refractivity contribution in [2.75, 3.05) is 4.90 Å². The number of hydrogen-bond acceptors (Lipinski definition) is 6. The van der Waals surface area contributed by atoms with Gasteiger partial charge < -0.3 is 14.4 Å². The van der Waals surface area contributed by atoms with Crippen LogP contribution in [0.2, 0.25) is 0 Å². The molecule has 3 fully saturated rings. The number of para-hydroxylation sites is 1. The van der Waals surface area contributed by atoms with Crippen molar-refractivity contribution in [3.8, 4) is 0 Å². The fraction of sp³-hybridized carbons (Fsp3) is 0.577. The van der Waals surface area contributed by atoms with Crippen molar-refractivity contribution < 1.29 is 19.1 Å². The smallest absolute Gasteiger partial charge is 0.329 e. The minimum absolute atomic E-state index is 0.106. The number of benzene rings is 1. The number of rotatable bonds is 0. The second-order valence-electron chi connectivity index (χ2n) is 11.9. The molecular weight excluding hydrogens is 404 g/mol. The summed E-state index contributed by atoms with van der Waals surface area (Å²) in [4.78, 5) is 34.9. The summed E-state index contributed by atoms with van der Waals surface area (Å²) in [6.07, 6.45) is 3.13. The number of pyridine rings is 1. The minimum Gasteiger partial charge on any atom is -0.422 e. The fourth-order valence-corrected chi connectivity index (χ4v) is 7.57. The number of nitrogens with zero attached hydrogens (tertiary/aromatic N) is 2. The molecule has 2 aromatic rings. The lowest BCUT2D eigenvalue weighted by molar-refractivity contribution is -0.255. The molecule has 2 bridgehead atoms. The Hall–Kier alpha value is -2.63. The number of carbonyl (C=O) groups excluding carboxylic acids is 2. The molecule has 1 aliphatic carbocycles. The van der Waals surface area contributed by atoms with E-state index in [1.54, 1.807) is 13.8 Å². The van der Waals surface area contributed by atoms with Gasteiger partial charge in [-0.3, -0.25) is 9.59 Å². The molecule has 3 atom stereocenters. The Balaban J connectivity index is 1.62. The first kappa shape index (κ1) is 20.0. The highest BCUT2D eigenvalue weighted by atomic mass is 16.7. The number of ether oxygens (including phenoxy) is 2. The van der Waals surface area contributed by atoms with Gasteiger partial charge in [0.05, 0.1) is 11.6 Å². The fourth-order valence-electron chi connectivity index (χ4n) is 7.57. The van der Waals surface area contributed by atoms with E-state index in [1.165, 1.54) is 0 Å². The number of cyclic esters (lactones) is 2. The number of esters is 2. The van der Waals surface area contributed by atoms with Crippen LogP contribution < -0.4 is 4.90 Å². The van der Waals surface area contributed by atoms with Gasteiger partial charge in [-0.05, 0) is 47.8 Å². The maximum atomic E-state index is 13.7. The highest BCUT2D eigenvalue weighted by Gasteiger charge is 2.72. The zero-order valence-electron chi connectivity index (χ0n) is 19.4. The molecule has 0 N–H and O–H groups in total. The Bertz CT molecular complexity index is 1170. The molecule has 1 saturated carbocycles. The van der Waals surface area contributed by atoms with Crippen LogP contribution in [-0.2, 0) is 25.5 Å². The first-order valence-electron chi connectivity index (χ1n) is 11.6. The van der Waals surface area contributed by atoms with Gasteiger partial charge in [0.1, 0.15) is 5.82 Å². The van der Waals surface area contributed by atoms with E-state index in [4.69, 9.17) is 14.5 Å². The van der Waals surface area contributed by atoms with Gasteiger partial charge in [-0.1, -0.05) is 39.0 Å². The molecule has 168 valence electrons. The van der Waals surface area contributed by atoms with Gasteiger partial charge in [-0.15, -0.1) is 0 Å². The van der Waals surface area contributed by atoms with Crippen molar-refractivity contribution >= 4 is 28.7 Å². The lowest BCUT2D eigenvalue weighted by Crippen LogP contribution is -2.67. The van der Waals surface area contributed by atoms with E-state index < -0.39 is 23.1 Å². The van der Waals surface area contributed by atoms with Crippen molar-refractivity contribution in [1.82, 2.24) is 4.98 Å². The molecule has 0 radical (unpaired) electrons. The highest BCUT2D eigenvalue weighted by Crippen LogP contribution is 2.64. The first-order valence-corrected chi connectivity index (χ1v) is 11.6. The van der Waals surface area contributed by atoms with Gasteiger partial charge in [0.15, 0.2) is 5.41 Å². The molecule has 6 rings (SSSR count). The molecule has 4 aliphatic rings. The van der Waals surface area contributed by atoms with Crippen LogP contribution in [0.1, 0.15) is 59.4 Å². The van der Waals surface area contributed by atoms with E-state index in [2.05, 4.69) is 31.7 Å². The van der Waals surface area contributed by atoms with Crippen molar-refractivity contribution in [3.63, 3.8) is 0 Å². The normalized spacial score (nSPS) is 33.5. The Morgan fingerprint density at radius 1 is 1.00 bits per heavy atom. The number of aromatic nitrogens is 1. The predicted octanol–water partition coefficient (Wildman–Crippen LogP) is 4.39. The molecule has 0 unspecified atom stereocenters. The van der Waals surface area contributed by atoms with E-state index in [0.29, 0.717) is 0 Å². The largest absolute Gasteiger partial charge is 0.422 e. The monoisotopic (exact) mass is 434 g/mol. The molecule has 32 heavy (non-hydrogen) atoms. The highest BCUT2D eigenvalue weighted by molar-refractivity contribution is 6.05. The summed E-state index contributed by atoms with van der Waals surface area (Å²) in [7, 11) is 0. The quantitative estimate of drug-likeness (QED) is 0.453. The second-order valence-corrected chi connectivity index (χ2v) is 11.9. The third kappa shape index (κ3) is 2.49. The standard InChI is InChI=1S/C26H30N2O4/c1-23(2)12-17-13-25(5,14-23)20-26(21(29)31-24(3,4)32-22(26)30)11-16-10-15-8-6-7-9-18(15)27-19(16)28(17)20/h6-10,17,20H,11-14H2,1-5H3/t17-,20+,25-/m1/s1. The maximum Gasteiger partial charge on any atom is 0.329 e. The molecule has 2 saturated heterocycles. The first-order chi connectivity index (χ1) is 14.9. The summed E-state index contributed by atoms with van der Waals surface area (Å²) in [5.41, 5.74) is 0.354. The van der Waals surface area contributed by atoms with Crippen molar-refractivity contribution in [2.45, 2.75) is 78.2 Å². The van der Waals surface area contributed by atoms with Crippen molar-refractivity contribution in [2.24, 2.45) is 16.2 Å². The summed E-state index contributed by atoms with van der Waals surface area (Å²) in [6, 6.07) is 9.99. The zero-order chi connectivity index (χ0) is 22.7. The number of hydrogen-bond donors (Lipinski definition) is 0. The van der Waals surface area contributed by atoms with Crippen LogP contribution in [0.3, 0.4) is 0 Å². The van der Waals surface area contributed by atoms with Gasteiger partial charge >= 0.3 is 11.9 Å². The van der Waals surface area contributed by atoms with Crippen LogP contribution in [0.25, 0.3) is 10.9 Å². The van der Waals surface area contributed by atoms with Crippen LogP contribution in [-0.4, -0.2) is 34.8 Å². The van der Waals surface area contributed by atoms with E-state index in [-0.39, 0.29) is 29.3 Å². The number of carbonyl (C=O) groups is 2. The average Bonchev–Trinajstić information content (AvgIpc) is 2.90. The van der Waals surface area contributed by atoms with Crippen molar-refractivity contribution in [1.29, 1.82) is 0 Å². The molecule has 6 heteroatoms. The summed E-state index contributed by atoms with van der Waals surface area (Å²) in [5, 5.41) is 1.01. The van der Waals surface area contributed by atoms with Crippen LogP contribution >= 0.6 is 0 Å². The molecule has 4 heterocycles. The van der Waals surface area contributed by atoms with Gasteiger partial charge in [-0.25, -0.2) is 4.98 Å². The summed E-state index contributed by atoms with van der Waals surface area (Å²) in [5.74, 6) is -1.26. The lowest BCUT2D eigenvalue weighted by Gasteiger charge is -2.52. The number of fused-ring (bicyclic) bond motifs is 9. The Morgan fingerprint density at radius 2 is 1.69 bits per heavy atom. The molecule has 1 spiro atoms.